The predicted octanol–water partition coefficient (Wildman–Crippen LogP) is 3.54. The van der Waals surface area contributed by atoms with Gasteiger partial charge in [-0.05, 0) is 60.7 Å². The average Bonchev–Trinajstić information content (AvgIpc) is 3.51. The summed E-state index contributed by atoms with van der Waals surface area (Å²) in [6.07, 6.45) is 10.9. The fourth-order valence-electron chi connectivity index (χ4n) is 4.55. The first-order valence-corrected chi connectivity index (χ1v) is 12.1. The molecule has 0 bridgehead atoms. The number of nitrogens with one attached hydrogen (secondary N) is 3. The molecular weight excluding hydrogens is 456 g/mol. The third-order valence-corrected chi connectivity index (χ3v) is 6.50. The number of H-pyrrole nitrogens is 1. The van der Waals surface area contributed by atoms with E-state index in [0.717, 1.165) is 35.3 Å². The quantitative estimate of drug-likeness (QED) is 0.446. The highest BCUT2D eigenvalue weighted by Gasteiger charge is 2.24. The fraction of sp³-hybridized carbons (Fsp3) is 0.250. The monoisotopic (exact) mass is 484 g/mol. The molecule has 36 heavy (non-hydrogen) atoms. The van der Waals surface area contributed by atoms with Crippen LogP contribution in [0.2, 0.25) is 0 Å². The highest BCUT2D eigenvalue weighted by Crippen LogP contribution is 2.33. The molecule has 0 unspecified atom stereocenters. The number of hydrogen-bond acceptors (Lipinski definition) is 4. The second-order valence-corrected chi connectivity index (χ2v) is 8.99. The van der Waals surface area contributed by atoms with Crippen LogP contribution in [0.4, 0.5) is 5.69 Å². The van der Waals surface area contributed by atoms with Gasteiger partial charge >= 0.3 is 0 Å². The van der Waals surface area contributed by atoms with Crippen molar-refractivity contribution in [2.45, 2.75) is 19.4 Å². The number of anilines is 1. The highest BCUT2D eigenvalue weighted by atomic mass is 16.5. The molecule has 0 spiro atoms. The summed E-state index contributed by atoms with van der Waals surface area (Å²) in [5, 5.41) is 5.69. The molecule has 2 aliphatic rings. The van der Waals surface area contributed by atoms with Gasteiger partial charge in [-0.1, -0.05) is 24.3 Å². The molecule has 2 aliphatic heterocycles. The van der Waals surface area contributed by atoms with Gasteiger partial charge in [-0.15, -0.1) is 0 Å². The SMILES string of the molecule is O=C1Nc2cc(/C=C/CNC(=O)c3cccn(CC4CCOCC4)c3=O)ccc2C1=Cc1ccc[nH]1. The van der Waals surface area contributed by atoms with Crippen molar-refractivity contribution in [3.05, 3.63) is 93.7 Å². The summed E-state index contributed by atoms with van der Waals surface area (Å²) in [6, 6.07) is 12.8. The minimum Gasteiger partial charge on any atom is -0.381 e. The zero-order valence-corrected chi connectivity index (χ0v) is 19.8. The van der Waals surface area contributed by atoms with Crippen molar-refractivity contribution in [2.24, 2.45) is 5.92 Å². The van der Waals surface area contributed by atoms with E-state index in [1.165, 1.54) is 0 Å². The molecule has 0 radical (unpaired) electrons. The van der Waals surface area contributed by atoms with Gasteiger partial charge in [-0.3, -0.25) is 14.4 Å². The lowest BCUT2D eigenvalue weighted by Gasteiger charge is -2.22. The van der Waals surface area contributed by atoms with Crippen LogP contribution in [-0.4, -0.2) is 41.1 Å². The standard InChI is InChI=1S/C28H28N4O4/c33-26(23-6-3-13-32(28(23)35)18-20-9-14-36-15-10-20)30-12-1-4-19-7-8-22-24(17-21-5-2-11-29-21)27(34)31-25(22)16-19/h1-8,11,13,16-17,20,29H,9-10,12,14-15,18H2,(H,30,33)(H,31,34)/b4-1+,24-17?. The van der Waals surface area contributed by atoms with E-state index in [-0.39, 0.29) is 23.6 Å². The minimum absolute atomic E-state index is 0.139. The Morgan fingerprint density at radius 1 is 1.14 bits per heavy atom. The van der Waals surface area contributed by atoms with Crippen LogP contribution in [0, 0.1) is 5.92 Å². The number of nitrogens with zero attached hydrogens (tertiary/aromatic N) is 1. The molecular formula is C28H28N4O4. The minimum atomic E-state index is -0.397. The van der Waals surface area contributed by atoms with Crippen LogP contribution < -0.4 is 16.2 Å². The van der Waals surface area contributed by atoms with Crippen LogP contribution in [0.25, 0.3) is 17.7 Å². The molecule has 3 N–H and O–H groups in total. The van der Waals surface area contributed by atoms with Gasteiger partial charge in [0.1, 0.15) is 5.56 Å². The number of pyridine rings is 1. The molecule has 3 aromatic rings. The van der Waals surface area contributed by atoms with E-state index in [4.69, 9.17) is 4.74 Å². The van der Waals surface area contributed by atoms with E-state index in [0.29, 0.717) is 31.2 Å². The van der Waals surface area contributed by atoms with E-state index in [1.807, 2.05) is 54.8 Å². The van der Waals surface area contributed by atoms with Gasteiger partial charge in [-0.2, -0.15) is 0 Å². The lowest BCUT2D eigenvalue weighted by molar-refractivity contribution is -0.110. The summed E-state index contributed by atoms with van der Waals surface area (Å²) in [6.45, 7) is 2.30. The smallest absolute Gasteiger partial charge is 0.263 e. The molecule has 0 atom stereocenters. The van der Waals surface area contributed by atoms with Crippen molar-refractivity contribution in [1.82, 2.24) is 14.9 Å². The van der Waals surface area contributed by atoms with E-state index in [1.54, 1.807) is 22.9 Å². The first-order chi connectivity index (χ1) is 17.6. The highest BCUT2D eigenvalue weighted by molar-refractivity contribution is 6.34. The number of carbonyl (C=O) groups excluding carboxylic acids is 2. The van der Waals surface area contributed by atoms with Gasteiger partial charge in [0.2, 0.25) is 0 Å². The van der Waals surface area contributed by atoms with Crippen molar-refractivity contribution in [1.29, 1.82) is 0 Å². The van der Waals surface area contributed by atoms with Crippen LogP contribution in [-0.2, 0) is 16.1 Å². The Labute approximate surface area is 208 Å². The normalized spacial score (nSPS) is 16.9. The maximum Gasteiger partial charge on any atom is 0.263 e. The zero-order valence-electron chi connectivity index (χ0n) is 19.8. The van der Waals surface area contributed by atoms with Crippen LogP contribution in [0.15, 0.2) is 65.7 Å². The van der Waals surface area contributed by atoms with Gasteiger partial charge in [0.15, 0.2) is 0 Å². The van der Waals surface area contributed by atoms with Gasteiger partial charge < -0.3 is 24.9 Å². The topological polar surface area (TPSA) is 105 Å². The summed E-state index contributed by atoms with van der Waals surface area (Å²) >= 11 is 0. The molecule has 2 aromatic heterocycles. The van der Waals surface area contributed by atoms with Crippen LogP contribution in [0.3, 0.4) is 0 Å². The Morgan fingerprint density at radius 2 is 2.00 bits per heavy atom. The molecule has 0 aliphatic carbocycles. The lowest BCUT2D eigenvalue weighted by atomic mass is 10.0. The molecule has 8 nitrogen and oxygen atoms in total. The predicted molar refractivity (Wildman–Crippen MR) is 139 cm³/mol. The summed E-state index contributed by atoms with van der Waals surface area (Å²) in [7, 11) is 0. The Balaban J connectivity index is 1.20. The second kappa shape index (κ2) is 10.6. The molecule has 184 valence electrons. The Morgan fingerprint density at radius 3 is 2.81 bits per heavy atom. The molecule has 8 heteroatoms. The maximum atomic E-state index is 12.8. The Kier molecular flexibility index (Phi) is 6.95. The fourth-order valence-corrected chi connectivity index (χ4v) is 4.55. The second-order valence-electron chi connectivity index (χ2n) is 8.99. The van der Waals surface area contributed by atoms with Crippen molar-refractivity contribution in [3.8, 4) is 0 Å². The molecule has 1 aromatic carbocycles. The van der Waals surface area contributed by atoms with Crippen molar-refractivity contribution in [2.75, 3.05) is 25.1 Å². The number of carbonyl (C=O) groups is 2. The molecule has 1 fully saturated rings. The summed E-state index contributed by atoms with van der Waals surface area (Å²) in [5.41, 5.74) is 3.83. The number of aromatic nitrogens is 2. The van der Waals surface area contributed by atoms with Crippen LogP contribution >= 0.6 is 0 Å². The number of benzene rings is 1. The number of aromatic amines is 1. The Bertz CT molecular complexity index is 1380. The van der Waals surface area contributed by atoms with E-state index < -0.39 is 5.91 Å². The van der Waals surface area contributed by atoms with Gasteiger partial charge in [0.05, 0.1) is 5.57 Å². The summed E-state index contributed by atoms with van der Waals surface area (Å²) < 4.78 is 7.01. The first kappa shape index (κ1) is 23.6. The van der Waals surface area contributed by atoms with E-state index >= 15 is 0 Å². The van der Waals surface area contributed by atoms with Crippen LogP contribution in [0.1, 0.15) is 40.0 Å². The molecule has 4 heterocycles. The summed E-state index contributed by atoms with van der Waals surface area (Å²) in [4.78, 5) is 40.9. The van der Waals surface area contributed by atoms with Crippen molar-refractivity contribution < 1.29 is 14.3 Å². The maximum absolute atomic E-state index is 12.8. The Hall–Kier alpha value is -4.17. The molecule has 0 saturated carbocycles. The number of ether oxygens (including phenoxy) is 1. The first-order valence-electron chi connectivity index (χ1n) is 12.1. The number of amides is 2. The molecule has 2 amide bonds. The van der Waals surface area contributed by atoms with Crippen LogP contribution in [0.5, 0.6) is 0 Å². The zero-order chi connectivity index (χ0) is 24.9. The van der Waals surface area contributed by atoms with E-state index in [2.05, 4.69) is 15.6 Å². The van der Waals surface area contributed by atoms with E-state index in [9.17, 15) is 14.4 Å². The summed E-state index contributed by atoms with van der Waals surface area (Å²) in [5.74, 6) is -0.153. The number of fused-ring (bicyclic) bond motifs is 1. The lowest BCUT2D eigenvalue weighted by Crippen LogP contribution is -2.34. The van der Waals surface area contributed by atoms with Gasteiger partial charge in [-0.25, -0.2) is 0 Å². The third-order valence-electron chi connectivity index (χ3n) is 6.50. The average molecular weight is 485 g/mol. The van der Waals surface area contributed by atoms with Crippen molar-refractivity contribution in [3.63, 3.8) is 0 Å². The number of rotatable bonds is 7. The largest absolute Gasteiger partial charge is 0.381 e. The number of hydrogen-bond donors (Lipinski definition) is 3. The van der Waals surface area contributed by atoms with Crippen molar-refractivity contribution >= 4 is 35.2 Å². The molecule has 1 saturated heterocycles. The van der Waals surface area contributed by atoms with Gasteiger partial charge in [0.25, 0.3) is 17.4 Å². The third kappa shape index (κ3) is 5.23. The molecule has 5 rings (SSSR count). The van der Waals surface area contributed by atoms with Gasteiger partial charge in [0, 0.05) is 55.6 Å².